The van der Waals surface area contributed by atoms with Crippen LogP contribution >= 0.6 is 27.5 Å². The van der Waals surface area contributed by atoms with Crippen molar-refractivity contribution in [2.45, 2.75) is 25.8 Å². The highest BCUT2D eigenvalue weighted by Gasteiger charge is 2.38. The molecule has 0 saturated carbocycles. The van der Waals surface area contributed by atoms with E-state index in [4.69, 9.17) is 26.8 Å². The number of hydrogen-bond acceptors (Lipinski definition) is 6. The fourth-order valence-electron chi connectivity index (χ4n) is 3.18. The van der Waals surface area contributed by atoms with Gasteiger partial charge in [0.25, 0.3) is 11.8 Å². The Morgan fingerprint density at radius 2 is 1.97 bits per heavy atom. The Hall–Kier alpha value is -3.32. The maximum atomic E-state index is 13.4. The lowest BCUT2D eigenvalue weighted by molar-refractivity contribution is -0.141. The van der Waals surface area contributed by atoms with Gasteiger partial charge in [0, 0.05) is 26.1 Å². The number of hydrogen-bond donors (Lipinski definition) is 2. The van der Waals surface area contributed by atoms with Crippen LogP contribution in [0, 0.1) is 0 Å². The molecule has 4 rings (SSSR count). The number of amides is 2. The summed E-state index contributed by atoms with van der Waals surface area (Å²) >= 11 is 9.32. The molecule has 34 heavy (non-hydrogen) atoms. The van der Waals surface area contributed by atoms with Crippen LogP contribution in [0.25, 0.3) is 5.82 Å². The topological polar surface area (TPSA) is 121 Å². The standard InChI is InChI=1S/C20H14BrClF3N5O4/c1-19(2)33-11-6-8(16(26)31)14(13(21)15(11)34-19)28-18(32)10-7-12(20(23,24)25)29-30(10)17-9(22)4-3-5-27-17/h3-7H,1-2H3,(H2,26,31)(H,28,32). The van der Waals surface area contributed by atoms with Crippen LogP contribution in [0.3, 0.4) is 0 Å². The molecule has 178 valence electrons. The van der Waals surface area contributed by atoms with Crippen molar-refractivity contribution >= 4 is 45.0 Å². The Morgan fingerprint density at radius 1 is 1.26 bits per heavy atom. The first kappa shape index (κ1) is 23.8. The lowest BCUT2D eigenvalue weighted by atomic mass is 10.1. The van der Waals surface area contributed by atoms with Crippen molar-refractivity contribution in [3.05, 3.63) is 56.9 Å². The molecule has 0 saturated heterocycles. The first-order chi connectivity index (χ1) is 15.8. The Bertz CT molecular complexity index is 1340. The number of benzene rings is 1. The molecule has 0 unspecified atom stereocenters. The van der Waals surface area contributed by atoms with E-state index < -0.39 is 35.2 Å². The van der Waals surface area contributed by atoms with Crippen LogP contribution in [0.2, 0.25) is 5.02 Å². The number of rotatable bonds is 4. The minimum Gasteiger partial charge on any atom is -0.449 e. The molecule has 1 aliphatic rings. The minimum atomic E-state index is -4.86. The quantitative estimate of drug-likeness (QED) is 0.483. The van der Waals surface area contributed by atoms with Gasteiger partial charge in [-0.3, -0.25) is 9.59 Å². The third kappa shape index (κ3) is 4.28. The van der Waals surface area contributed by atoms with Gasteiger partial charge in [-0.1, -0.05) is 11.6 Å². The molecule has 3 N–H and O–H groups in total. The summed E-state index contributed by atoms with van der Waals surface area (Å²) in [5.74, 6) is -2.89. The summed E-state index contributed by atoms with van der Waals surface area (Å²) in [5, 5.41) is 5.83. The normalized spacial score (nSPS) is 14.2. The molecule has 0 aliphatic carbocycles. The van der Waals surface area contributed by atoms with Gasteiger partial charge in [-0.15, -0.1) is 0 Å². The fraction of sp³-hybridized carbons (Fsp3) is 0.200. The molecular formula is C20H14BrClF3N5O4. The summed E-state index contributed by atoms with van der Waals surface area (Å²) in [6, 6.07) is 4.64. The van der Waals surface area contributed by atoms with E-state index in [0.29, 0.717) is 10.7 Å². The van der Waals surface area contributed by atoms with E-state index in [9.17, 15) is 22.8 Å². The predicted octanol–water partition coefficient (Wildman–Crippen LogP) is 4.56. The number of pyridine rings is 1. The SMILES string of the molecule is CC1(C)Oc2cc(C(N)=O)c(NC(=O)c3cc(C(F)(F)F)nn3-c3ncccc3Cl)c(Br)c2O1. The molecule has 1 aliphatic heterocycles. The highest BCUT2D eigenvalue weighted by atomic mass is 79.9. The van der Waals surface area contributed by atoms with Crippen molar-refractivity contribution in [1.29, 1.82) is 0 Å². The van der Waals surface area contributed by atoms with Gasteiger partial charge in [-0.05, 0) is 34.1 Å². The summed E-state index contributed by atoms with van der Waals surface area (Å²) in [6.07, 6.45) is -3.58. The number of primary amides is 1. The molecule has 14 heteroatoms. The van der Waals surface area contributed by atoms with E-state index in [1.807, 2.05) is 0 Å². The second-order valence-electron chi connectivity index (χ2n) is 7.50. The first-order valence-electron chi connectivity index (χ1n) is 9.42. The predicted molar refractivity (Wildman–Crippen MR) is 117 cm³/mol. The summed E-state index contributed by atoms with van der Waals surface area (Å²) in [5.41, 5.74) is 3.26. The van der Waals surface area contributed by atoms with Crippen LogP contribution in [0.5, 0.6) is 11.5 Å². The molecule has 1 aromatic carbocycles. The number of nitrogens with one attached hydrogen (secondary N) is 1. The molecule has 0 spiro atoms. The number of fused-ring (bicyclic) bond motifs is 1. The monoisotopic (exact) mass is 559 g/mol. The van der Waals surface area contributed by atoms with Crippen molar-refractivity contribution in [3.8, 4) is 17.3 Å². The van der Waals surface area contributed by atoms with Gasteiger partial charge >= 0.3 is 6.18 Å². The zero-order valence-electron chi connectivity index (χ0n) is 17.3. The third-order valence-corrected chi connectivity index (χ3v) is 5.62. The van der Waals surface area contributed by atoms with Crippen LogP contribution in [0.15, 0.2) is 34.9 Å². The summed E-state index contributed by atoms with van der Waals surface area (Å²) in [6.45, 7) is 3.24. The van der Waals surface area contributed by atoms with E-state index in [2.05, 4.69) is 31.3 Å². The van der Waals surface area contributed by atoms with E-state index in [1.165, 1.54) is 24.4 Å². The van der Waals surface area contributed by atoms with Crippen LogP contribution < -0.4 is 20.5 Å². The smallest absolute Gasteiger partial charge is 0.435 e. The molecule has 0 atom stereocenters. The number of carbonyl (C=O) groups excluding carboxylic acids is 2. The van der Waals surface area contributed by atoms with Crippen molar-refractivity contribution in [2.75, 3.05) is 5.32 Å². The zero-order valence-corrected chi connectivity index (χ0v) is 19.7. The van der Waals surface area contributed by atoms with Gasteiger partial charge in [-0.2, -0.15) is 18.3 Å². The number of alkyl halides is 3. The van der Waals surface area contributed by atoms with E-state index in [1.54, 1.807) is 13.8 Å². The molecule has 3 aromatic rings. The Kier molecular flexibility index (Phi) is 5.72. The largest absolute Gasteiger partial charge is 0.449 e. The van der Waals surface area contributed by atoms with Gasteiger partial charge in [0.1, 0.15) is 5.69 Å². The zero-order chi connectivity index (χ0) is 25.0. The number of anilines is 1. The Labute approximate surface area is 203 Å². The number of halogens is 5. The maximum absolute atomic E-state index is 13.4. The van der Waals surface area contributed by atoms with Gasteiger partial charge in [0.15, 0.2) is 23.0 Å². The second kappa shape index (κ2) is 8.17. The van der Waals surface area contributed by atoms with Crippen molar-refractivity contribution in [2.24, 2.45) is 5.73 Å². The average Bonchev–Trinajstić information content (AvgIpc) is 3.31. The number of nitrogens with two attached hydrogens (primary N) is 1. The van der Waals surface area contributed by atoms with Crippen molar-refractivity contribution < 1.29 is 32.2 Å². The molecule has 3 heterocycles. The van der Waals surface area contributed by atoms with Crippen LogP contribution in [0.1, 0.15) is 40.4 Å². The molecule has 9 nitrogen and oxygen atoms in total. The molecule has 2 aromatic heterocycles. The summed E-state index contributed by atoms with van der Waals surface area (Å²) in [4.78, 5) is 29.2. The molecule has 0 radical (unpaired) electrons. The number of nitrogens with zero attached hydrogens (tertiary/aromatic N) is 3. The average molecular weight is 561 g/mol. The Morgan fingerprint density at radius 3 is 2.59 bits per heavy atom. The van der Waals surface area contributed by atoms with E-state index >= 15 is 0 Å². The number of ether oxygens (including phenoxy) is 2. The van der Waals surface area contributed by atoms with Crippen LogP contribution in [0.4, 0.5) is 18.9 Å². The van der Waals surface area contributed by atoms with Crippen molar-refractivity contribution in [1.82, 2.24) is 14.8 Å². The molecule has 0 fully saturated rings. The van der Waals surface area contributed by atoms with Crippen LogP contribution in [-0.4, -0.2) is 32.4 Å². The maximum Gasteiger partial charge on any atom is 0.435 e. The van der Waals surface area contributed by atoms with Gasteiger partial charge < -0.3 is 20.5 Å². The first-order valence-corrected chi connectivity index (χ1v) is 10.6. The molecule has 2 amide bonds. The summed E-state index contributed by atoms with van der Waals surface area (Å²) in [7, 11) is 0. The lowest BCUT2D eigenvalue weighted by Crippen LogP contribution is -2.29. The van der Waals surface area contributed by atoms with Crippen molar-refractivity contribution in [3.63, 3.8) is 0 Å². The fourth-order valence-corrected chi connectivity index (χ4v) is 3.97. The minimum absolute atomic E-state index is 0.0438. The molecular weight excluding hydrogens is 547 g/mol. The number of aromatic nitrogens is 3. The summed E-state index contributed by atoms with van der Waals surface area (Å²) < 4.78 is 52.2. The second-order valence-corrected chi connectivity index (χ2v) is 8.70. The van der Waals surface area contributed by atoms with E-state index in [-0.39, 0.29) is 38.1 Å². The third-order valence-electron chi connectivity index (χ3n) is 4.57. The van der Waals surface area contributed by atoms with E-state index in [0.717, 1.165) is 0 Å². The van der Waals surface area contributed by atoms with Gasteiger partial charge in [0.2, 0.25) is 5.79 Å². The van der Waals surface area contributed by atoms with Gasteiger partial charge in [0.05, 0.1) is 20.7 Å². The molecule has 0 bridgehead atoms. The van der Waals surface area contributed by atoms with Crippen LogP contribution in [-0.2, 0) is 6.18 Å². The number of carbonyl (C=O) groups is 2. The highest BCUT2D eigenvalue weighted by molar-refractivity contribution is 9.10. The highest BCUT2D eigenvalue weighted by Crippen LogP contribution is 2.49. The van der Waals surface area contributed by atoms with Gasteiger partial charge in [-0.25, -0.2) is 9.67 Å². The lowest BCUT2D eigenvalue weighted by Gasteiger charge is -2.16. The Balaban J connectivity index is 1.82.